The third-order valence-electron chi connectivity index (χ3n) is 5.21. The summed E-state index contributed by atoms with van der Waals surface area (Å²) in [6.45, 7) is 4.35. The van der Waals surface area contributed by atoms with Crippen LogP contribution in [0.1, 0.15) is 123 Å². The Morgan fingerprint density at radius 2 is 1.07 bits per heavy atom. The molecule has 6 heteroatoms. The van der Waals surface area contributed by atoms with E-state index in [0.29, 0.717) is 12.8 Å². The molecule has 0 aliphatic rings. The molecule has 0 saturated carbocycles. The number of aliphatic hydroxyl groups excluding tert-OH is 1. The van der Waals surface area contributed by atoms with Crippen LogP contribution in [0, 0.1) is 0 Å². The summed E-state index contributed by atoms with van der Waals surface area (Å²) >= 11 is 0. The molecule has 2 atom stereocenters. The summed E-state index contributed by atoms with van der Waals surface area (Å²) in [5.74, 6) is 0. The van der Waals surface area contributed by atoms with Crippen molar-refractivity contribution in [2.45, 2.75) is 134 Å². The maximum Gasteiger partial charge on any atom is 1.00 e. The fraction of sp³-hybridized carbons (Fsp3) is 1.00. The van der Waals surface area contributed by atoms with Crippen LogP contribution in [-0.4, -0.2) is 29.4 Å². The van der Waals surface area contributed by atoms with Crippen molar-refractivity contribution in [2.24, 2.45) is 0 Å². The van der Waals surface area contributed by atoms with Crippen molar-refractivity contribution in [3.63, 3.8) is 0 Å². The topological polar surface area (TPSA) is 77.4 Å². The van der Waals surface area contributed by atoms with Gasteiger partial charge in [-0.2, -0.15) is 0 Å². The summed E-state index contributed by atoms with van der Waals surface area (Å²) in [5, 5.41) is 9.12. The Balaban J connectivity index is 0. The van der Waals surface area contributed by atoms with Crippen LogP contribution in [0.2, 0.25) is 0 Å². The van der Waals surface area contributed by atoms with Gasteiger partial charge in [-0.1, -0.05) is 104 Å². The third kappa shape index (κ3) is 19.9. The molecule has 0 radical (unpaired) electrons. The van der Waals surface area contributed by atoms with E-state index >= 15 is 0 Å². The summed E-state index contributed by atoms with van der Waals surface area (Å²) in [5.41, 5.74) is 0. The summed E-state index contributed by atoms with van der Waals surface area (Å²) < 4.78 is 34.4. The molecule has 0 aromatic rings. The van der Waals surface area contributed by atoms with Crippen molar-refractivity contribution in [2.75, 3.05) is 0 Å². The van der Waals surface area contributed by atoms with Gasteiger partial charge in [-0.05, 0) is 19.3 Å². The molecule has 4 nitrogen and oxygen atoms in total. The molecule has 0 spiro atoms. The van der Waals surface area contributed by atoms with Gasteiger partial charge in [0.25, 0.3) is 0 Å². The summed E-state index contributed by atoms with van der Waals surface area (Å²) in [7, 11) is -4.32. The molecular weight excluding hydrogens is 371 g/mol. The molecule has 0 saturated heterocycles. The Morgan fingerprint density at radius 3 is 1.52 bits per heavy atom. The van der Waals surface area contributed by atoms with Gasteiger partial charge < -0.3 is 9.66 Å². The van der Waals surface area contributed by atoms with Crippen molar-refractivity contribution >= 4 is 10.1 Å². The Hall–Kier alpha value is 0.870. The molecule has 158 valence electrons. The first-order valence-electron chi connectivity index (χ1n) is 11.0. The van der Waals surface area contributed by atoms with Crippen molar-refractivity contribution in [1.29, 1.82) is 0 Å². The molecule has 0 aromatic carbocycles. The van der Waals surface area contributed by atoms with E-state index in [9.17, 15) is 18.1 Å². The van der Waals surface area contributed by atoms with Crippen LogP contribution in [0.15, 0.2) is 0 Å². The maximum absolute atomic E-state index is 11.5. The Morgan fingerprint density at radius 1 is 0.704 bits per heavy atom. The van der Waals surface area contributed by atoms with E-state index in [0.717, 1.165) is 44.9 Å². The molecule has 0 amide bonds. The molecule has 0 rings (SSSR count). The standard InChI is InChI=1S/C21H44O4S.Na/c1-3-5-7-9-10-11-12-13-14-16-18-21(26(23,24)25)19-20(22)17-15-8-6-4-2;/h20-22H,3-19H2,1-2H3,(H,23,24,25);/q;+1/p-1. The van der Waals surface area contributed by atoms with Gasteiger partial charge in [0.15, 0.2) is 0 Å². The molecule has 0 bridgehead atoms. The second-order valence-electron chi connectivity index (χ2n) is 7.82. The van der Waals surface area contributed by atoms with E-state index in [4.69, 9.17) is 0 Å². The smallest absolute Gasteiger partial charge is 0.748 e. The van der Waals surface area contributed by atoms with Crippen LogP contribution in [-0.2, 0) is 10.1 Å². The zero-order chi connectivity index (χ0) is 19.7. The fourth-order valence-corrected chi connectivity index (χ4v) is 4.38. The first-order valence-corrected chi connectivity index (χ1v) is 12.5. The van der Waals surface area contributed by atoms with Crippen LogP contribution < -0.4 is 29.6 Å². The SMILES string of the molecule is CCCCCCCCCCCCC(CC(O)CCCCCC)S(=O)(=O)[O-].[Na+]. The molecule has 0 heterocycles. The molecule has 0 fully saturated rings. The van der Waals surface area contributed by atoms with Crippen molar-refractivity contribution < 1.29 is 47.6 Å². The Labute approximate surface area is 191 Å². The van der Waals surface area contributed by atoms with Crippen molar-refractivity contribution in [1.82, 2.24) is 0 Å². The summed E-state index contributed by atoms with van der Waals surface area (Å²) in [6, 6.07) is 0. The van der Waals surface area contributed by atoms with Gasteiger partial charge in [0.1, 0.15) is 0 Å². The van der Waals surface area contributed by atoms with E-state index in [1.807, 2.05) is 0 Å². The average Bonchev–Trinajstić information content (AvgIpc) is 2.58. The monoisotopic (exact) mass is 414 g/mol. The Bertz CT molecular complexity index is 401. The van der Waals surface area contributed by atoms with E-state index in [1.54, 1.807) is 0 Å². The second kappa shape index (κ2) is 20.2. The molecular formula is C21H43NaO4S. The van der Waals surface area contributed by atoms with Gasteiger partial charge in [-0.25, -0.2) is 8.42 Å². The molecule has 0 aliphatic carbocycles. The van der Waals surface area contributed by atoms with E-state index in [2.05, 4.69) is 13.8 Å². The van der Waals surface area contributed by atoms with Crippen LogP contribution in [0.4, 0.5) is 0 Å². The predicted octanol–water partition coefficient (Wildman–Crippen LogP) is 2.94. The molecule has 2 unspecified atom stereocenters. The van der Waals surface area contributed by atoms with E-state index in [1.165, 1.54) is 44.9 Å². The summed E-state index contributed by atoms with van der Waals surface area (Å²) in [6.07, 6.45) is 16.5. The largest absolute Gasteiger partial charge is 1.00 e. The predicted molar refractivity (Wildman–Crippen MR) is 109 cm³/mol. The maximum atomic E-state index is 11.5. The molecule has 27 heavy (non-hydrogen) atoms. The number of rotatable bonds is 19. The molecule has 0 aromatic heterocycles. The van der Waals surface area contributed by atoms with Crippen molar-refractivity contribution in [3.8, 4) is 0 Å². The van der Waals surface area contributed by atoms with E-state index in [-0.39, 0.29) is 36.0 Å². The van der Waals surface area contributed by atoms with Gasteiger partial charge in [-0.3, -0.25) is 0 Å². The van der Waals surface area contributed by atoms with Crippen LogP contribution in [0.3, 0.4) is 0 Å². The first-order chi connectivity index (χ1) is 12.4. The van der Waals surface area contributed by atoms with Crippen molar-refractivity contribution in [3.05, 3.63) is 0 Å². The normalized spacial score (nSPS) is 13.9. The third-order valence-corrected chi connectivity index (χ3v) is 6.46. The average molecular weight is 415 g/mol. The van der Waals surface area contributed by atoms with Gasteiger partial charge in [0, 0.05) is 0 Å². The van der Waals surface area contributed by atoms with E-state index < -0.39 is 21.5 Å². The minimum absolute atomic E-state index is 0. The van der Waals surface area contributed by atoms with Gasteiger partial charge in [0.05, 0.1) is 21.5 Å². The fourth-order valence-electron chi connectivity index (χ4n) is 3.47. The van der Waals surface area contributed by atoms with Crippen LogP contribution in [0.25, 0.3) is 0 Å². The number of hydrogen-bond acceptors (Lipinski definition) is 4. The summed E-state index contributed by atoms with van der Waals surface area (Å²) in [4.78, 5) is 0. The quantitative estimate of drug-likeness (QED) is 0.200. The number of aliphatic hydroxyl groups is 1. The van der Waals surface area contributed by atoms with Gasteiger partial charge >= 0.3 is 29.6 Å². The van der Waals surface area contributed by atoms with Crippen LogP contribution in [0.5, 0.6) is 0 Å². The molecule has 1 N–H and O–H groups in total. The second-order valence-corrected chi connectivity index (χ2v) is 9.48. The first kappa shape index (κ1) is 30.1. The molecule has 0 aliphatic heterocycles. The van der Waals surface area contributed by atoms with Gasteiger partial charge in [0.2, 0.25) is 0 Å². The minimum Gasteiger partial charge on any atom is -0.748 e. The zero-order valence-corrected chi connectivity index (χ0v) is 21.1. The minimum atomic E-state index is -4.32. The zero-order valence-electron chi connectivity index (χ0n) is 18.3. The number of unbranched alkanes of at least 4 members (excludes halogenated alkanes) is 12. The Kier molecular flexibility index (Phi) is 22.4. The number of hydrogen-bond donors (Lipinski definition) is 1. The van der Waals surface area contributed by atoms with Gasteiger partial charge in [-0.15, -0.1) is 0 Å². The van der Waals surface area contributed by atoms with Crippen LogP contribution >= 0.6 is 0 Å².